The summed E-state index contributed by atoms with van der Waals surface area (Å²) in [5.41, 5.74) is 19.4. The Morgan fingerprint density at radius 3 is 1.42 bits per heavy atom. The Hall–Kier alpha value is -7.37. The molecule has 4 heterocycles. The molecule has 0 amide bonds. The van der Waals surface area contributed by atoms with E-state index in [-0.39, 0.29) is 20.1 Å². The molecule has 0 saturated heterocycles. The number of aromatic nitrogens is 5. The van der Waals surface area contributed by atoms with Gasteiger partial charge in [0.25, 0.3) is 0 Å². The van der Waals surface area contributed by atoms with E-state index >= 15 is 0 Å². The number of nitrogens with zero attached hydrogens (tertiary/aromatic N) is 5. The van der Waals surface area contributed by atoms with Crippen LogP contribution in [-0.2, 0) is 45.8 Å². The van der Waals surface area contributed by atoms with Crippen molar-refractivity contribution in [2.24, 2.45) is 0 Å². The minimum Gasteiger partial charge on any atom is -0.337 e. The summed E-state index contributed by atoms with van der Waals surface area (Å²) in [6.07, 6.45) is 8.98. The quantitative estimate of drug-likeness (QED) is 0.108. The molecule has 0 aliphatic rings. The first-order chi connectivity index (χ1) is 32.0. The zero-order valence-corrected chi connectivity index (χ0v) is 39.3. The van der Waals surface area contributed by atoms with Crippen molar-refractivity contribution < 1.29 is 20.1 Å². The van der Waals surface area contributed by atoms with E-state index in [1.165, 1.54) is 33.4 Å². The van der Waals surface area contributed by atoms with Gasteiger partial charge in [-0.15, -0.1) is 94.5 Å². The van der Waals surface area contributed by atoms with E-state index in [9.17, 15) is 0 Å². The Morgan fingerprint density at radius 2 is 0.909 bits per heavy atom. The molecule has 0 aliphatic heterocycles. The number of pyridine rings is 3. The van der Waals surface area contributed by atoms with Crippen LogP contribution >= 0.6 is 0 Å². The molecule has 6 heteroatoms. The van der Waals surface area contributed by atoms with Gasteiger partial charge < -0.3 is 19.5 Å². The zero-order valence-electron chi connectivity index (χ0n) is 36.9. The summed E-state index contributed by atoms with van der Waals surface area (Å²) in [6, 6.07) is 72.2. The van der Waals surface area contributed by atoms with E-state index in [1.54, 1.807) is 0 Å². The minimum absolute atomic E-state index is 0. The standard InChI is InChI=1S/C60H46N5.Ir/c1-42-43(2)65(59-34-33-53(58-16-8-11-37-63-58)41-55(59)50-31-29-49(30-32-50)48-12-4-3-5-13-48)60(64-42)54-39-46(19-17-44-21-25-51(26-22-44)56-14-6-9-35-61-56)38-47(40-54)20-18-45-23-27-52(28-24-45)57-15-7-10-36-62-57;/h3-16,21-25,27,29-32,34-41H,17-20H2,1-2H3;/q-3;+3. The molecule has 10 aromatic rings. The fourth-order valence-electron chi connectivity index (χ4n) is 8.49. The molecular weight excluding hydrogens is 983 g/mol. The van der Waals surface area contributed by atoms with Gasteiger partial charge in [0.2, 0.25) is 0 Å². The summed E-state index contributed by atoms with van der Waals surface area (Å²) in [4.78, 5) is 19.1. The van der Waals surface area contributed by atoms with Crippen LogP contribution in [0.5, 0.6) is 0 Å². The zero-order chi connectivity index (χ0) is 44.0. The number of hydrogen-bond donors (Lipinski definition) is 0. The van der Waals surface area contributed by atoms with Gasteiger partial charge in [-0.05, 0) is 108 Å². The Bertz CT molecular complexity index is 3060. The molecule has 5 nitrogen and oxygen atoms in total. The van der Waals surface area contributed by atoms with Gasteiger partial charge in [0.05, 0.1) is 5.69 Å². The fraction of sp³-hybridized carbons (Fsp3) is 0.100. The molecule has 10 rings (SSSR count). The van der Waals surface area contributed by atoms with Crippen LogP contribution in [0.15, 0.2) is 195 Å². The molecule has 66 heavy (non-hydrogen) atoms. The van der Waals surface area contributed by atoms with E-state index in [0.29, 0.717) is 0 Å². The topological polar surface area (TPSA) is 56.5 Å². The summed E-state index contributed by atoms with van der Waals surface area (Å²) in [6.45, 7) is 4.28. The van der Waals surface area contributed by atoms with Gasteiger partial charge in [0.1, 0.15) is 5.82 Å². The normalized spacial score (nSPS) is 11.0. The smallest absolute Gasteiger partial charge is 0.337 e. The Balaban J connectivity index is 0.00000548. The Morgan fingerprint density at radius 1 is 0.424 bits per heavy atom. The van der Waals surface area contributed by atoms with Crippen molar-refractivity contribution in [3.63, 3.8) is 0 Å². The molecule has 0 bridgehead atoms. The monoisotopic (exact) mass is 1030 g/mol. The van der Waals surface area contributed by atoms with Gasteiger partial charge in [-0.2, -0.15) is 0 Å². The van der Waals surface area contributed by atoms with Crippen LogP contribution in [0.25, 0.3) is 73.1 Å². The summed E-state index contributed by atoms with van der Waals surface area (Å²) < 4.78 is 2.33. The SMILES string of the molecule is Cc1nc(-c2cc(CCc3c[c-]c(-c4ccccn4)cc3)cc(CCc3c[c-]c(-c4ccccn4)cc3)c2)n(-c2c[c-]c(-c3ccccn3)cc2-c2ccc(-c3ccccc3)cc2)c1C.[Ir+3]. The summed E-state index contributed by atoms with van der Waals surface area (Å²) >= 11 is 0. The maximum atomic E-state index is 5.34. The summed E-state index contributed by atoms with van der Waals surface area (Å²) in [5, 5.41) is 0. The largest absolute Gasteiger partial charge is 3.00 e. The average Bonchev–Trinajstić information content (AvgIpc) is 3.68. The first-order valence-electron chi connectivity index (χ1n) is 22.2. The first kappa shape index (κ1) is 43.9. The summed E-state index contributed by atoms with van der Waals surface area (Å²) in [7, 11) is 0. The first-order valence-corrected chi connectivity index (χ1v) is 22.2. The molecule has 0 unspecified atom stereocenters. The average molecular weight is 1030 g/mol. The predicted octanol–water partition coefficient (Wildman–Crippen LogP) is 13.6. The van der Waals surface area contributed by atoms with Gasteiger partial charge in [0.15, 0.2) is 0 Å². The second kappa shape index (κ2) is 20.2. The molecule has 0 aliphatic carbocycles. The van der Waals surface area contributed by atoms with Crippen LogP contribution in [0.1, 0.15) is 33.6 Å². The van der Waals surface area contributed by atoms with Crippen molar-refractivity contribution in [2.45, 2.75) is 39.5 Å². The van der Waals surface area contributed by atoms with Crippen molar-refractivity contribution in [1.82, 2.24) is 24.5 Å². The van der Waals surface area contributed by atoms with Crippen molar-refractivity contribution in [3.05, 3.63) is 246 Å². The number of aryl methyl sites for hydroxylation is 5. The maximum Gasteiger partial charge on any atom is 3.00 e. The third-order valence-corrected chi connectivity index (χ3v) is 12.1. The Kier molecular flexibility index (Phi) is 13.4. The second-order valence-corrected chi connectivity index (χ2v) is 16.4. The van der Waals surface area contributed by atoms with Gasteiger partial charge >= 0.3 is 20.1 Å². The van der Waals surface area contributed by atoms with E-state index in [4.69, 9.17) is 9.97 Å². The van der Waals surface area contributed by atoms with Gasteiger partial charge in [-0.25, -0.2) is 4.98 Å². The second-order valence-electron chi connectivity index (χ2n) is 16.4. The number of imidazole rings is 1. The third-order valence-electron chi connectivity index (χ3n) is 12.1. The molecule has 6 aromatic carbocycles. The molecule has 0 spiro atoms. The fourth-order valence-corrected chi connectivity index (χ4v) is 8.49. The Labute approximate surface area is 401 Å². The van der Waals surface area contributed by atoms with E-state index < -0.39 is 0 Å². The third kappa shape index (κ3) is 9.81. The molecular formula is C60H46IrN5. The van der Waals surface area contributed by atoms with E-state index in [2.05, 4.69) is 168 Å². The van der Waals surface area contributed by atoms with Crippen LogP contribution in [0.4, 0.5) is 0 Å². The number of rotatable bonds is 13. The molecule has 0 saturated carbocycles. The van der Waals surface area contributed by atoms with Crippen LogP contribution in [-0.4, -0.2) is 24.5 Å². The van der Waals surface area contributed by atoms with Gasteiger partial charge in [-0.3, -0.25) is 0 Å². The van der Waals surface area contributed by atoms with Gasteiger partial charge in [-0.1, -0.05) is 115 Å². The molecule has 320 valence electrons. The van der Waals surface area contributed by atoms with Crippen LogP contribution < -0.4 is 0 Å². The molecule has 0 fully saturated rings. The van der Waals surface area contributed by atoms with E-state index in [1.807, 2.05) is 73.2 Å². The van der Waals surface area contributed by atoms with E-state index in [0.717, 1.165) is 99.0 Å². The molecule has 0 radical (unpaired) electrons. The van der Waals surface area contributed by atoms with Crippen molar-refractivity contribution in [1.29, 1.82) is 0 Å². The van der Waals surface area contributed by atoms with Crippen LogP contribution in [0.2, 0.25) is 0 Å². The number of benzene rings is 6. The molecule has 0 N–H and O–H groups in total. The van der Waals surface area contributed by atoms with Crippen LogP contribution in [0.3, 0.4) is 0 Å². The minimum atomic E-state index is 0. The van der Waals surface area contributed by atoms with Crippen molar-refractivity contribution >= 4 is 0 Å². The van der Waals surface area contributed by atoms with Crippen molar-refractivity contribution in [2.75, 3.05) is 0 Å². The molecule has 4 aromatic heterocycles. The predicted molar refractivity (Wildman–Crippen MR) is 263 cm³/mol. The number of hydrogen-bond acceptors (Lipinski definition) is 4. The van der Waals surface area contributed by atoms with Crippen molar-refractivity contribution in [3.8, 4) is 73.1 Å². The summed E-state index contributed by atoms with van der Waals surface area (Å²) in [5.74, 6) is 0.908. The maximum absolute atomic E-state index is 5.34. The molecule has 0 atom stereocenters. The van der Waals surface area contributed by atoms with Gasteiger partial charge in [0, 0.05) is 29.8 Å². The van der Waals surface area contributed by atoms with Crippen LogP contribution in [0, 0.1) is 32.0 Å².